The Morgan fingerprint density at radius 1 is 0.974 bits per heavy atom. The molecular formula is C33H38FN3O2. The number of amides is 1. The minimum Gasteiger partial charge on any atom is -0.339 e. The number of anilines is 1. The number of halogens is 1. The van der Waals surface area contributed by atoms with Gasteiger partial charge >= 0.3 is 0 Å². The Bertz CT molecular complexity index is 1380. The fraction of sp³-hybridized carbons (Fsp3) is 0.545. The number of carbonyl (C=O) groups is 1. The van der Waals surface area contributed by atoms with Crippen molar-refractivity contribution in [3.8, 4) is 11.1 Å². The highest BCUT2D eigenvalue weighted by molar-refractivity contribution is 6.00. The van der Waals surface area contributed by atoms with Crippen molar-refractivity contribution in [2.75, 3.05) is 11.4 Å². The maximum atomic E-state index is 14.5. The van der Waals surface area contributed by atoms with Crippen molar-refractivity contribution >= 4 is 11.6 Å². The molecule has 204 valence electrons. The Kier molecular flexibility index (Phi) is 5.44. The summed E-state index contributed by atoms with van der Waals surface area (Å²) in [4.78, 5) is 21.0. The van der Waals surface area contributed by atoms with E-state index in [1.807, 2.05) is 4.90 Å². The molecule has 0 N–H and O–H groups in total. The van der Waals surface area contributed by atoms with Crippen molar-refractivity contribution in [3.63, 3.8) is 0 Å². The number of rotatable bonds is 7. The molecule has 0 spiro atoms. The lowest BCUT2D eigenvalue weighted by Crippen LogP contribution is -2.71. The van der Waals surface area contributed by atoms with Gasteiger partial charge in [-0.15, -0.1) is 0 Å². The van der Waals surface area contributed by atoms with Gasteiger partial charge in [0.15, 0.2) is 5.82 Å². The Morgan fingerprint density at radius 2 is 1.64 bits per heavy atom. The van der Waals surface area contributed by atoms with Crippen LogP contribution in [0, 0.1) is 17.8 Å². The van der Waals surface area contributed by atoms with Gasteiger partial charge in [-0.1, -0.05) is 61.0 Å². The van der Waals surface area contributed by atoms with Crippen LogP contribution < -0.4 is 4.90 Å². The summed E-state index contributed by atoms with van der Waals surface area (Å²) in [5.41, 5.74) is 2.83. The number of fused-ring (bicyclic) bond motifs is 3. The van der Waals surface area contributed by atoms with Crippen LogP contribution in [0.15, 0.2) is 53.1 Å². The van der Waals surface area contributed by atoms with Crippen LogP contribution in [-0.2, 0) is 10.2 Å². The molecule has 0 aliphatic heterocycles. The largest absolute Gasteiger partial charge is 0.339 e. The molecule has 39 heavy (non-hydrogen) atoms. The Balaban J connectivity index is 1.17. The van der Waals surface area contributed by atoms with Crippen LogP contribution in [0.5, 0.6) is 0 Å². The average molecular weight is 528 g/mol. The van der Waals surface area contributed by atoms with E-state index in [4.69, 9.17) is 9.51 Å². The second kappa shape index (κ2) is 8.49. The van der Waals surface area contributed by atoms with Gasteiger partial charge in [-0.2, -0.15) is 4.98 Å². The SMILES string of the molecule is Cc1ccc(-c2cccc(N(CC34CCC(c5nc(C(C)C)no5)(CC3)CC4)C(=O)C34CC(F)(C3)C4)c2)cc1. The molecule has 6 saturated carbocycles. The van der Waals surface area contributed by atoms with E-state index in [1.54, 1.807) is 0 Å². The van der Waals surface area contributed by atoms with Gasteiger partial charge in [0.1, 0.15) is 5.67 Å². The van der Waals surface area contributed by atoms with E-state index >= 15 is 0 Å². The lowest BCUT2D eigenvalue weighted by molar-refractivity contribution is -0.211. The van der Waals surface area contributed by atoms with Crippen molar-refractivity contribution in [1.29, 1.82) is 0 Å². The van der Waals surface area contributed by atoms with Crippen molar-refractivity contribution in [2.45, 2.75) is 95.6 Å². The molecule has 6 fully saturated rings. The number of alkyl halides is 1. The third-order valence-electron chi connectivity index (χ3n) is 10.5. The Hall–Kier alpha value is -3.02. The van der Waals surface area contributed by atoms with Crippen LogP contribution in [0.1, 0.15) is 94.8 Å². The summed E-state index contributed by atoms with van der Waals surface area (Å²) in [7, 11) is 0. The molecule has 2 aromatic carbocycles. The van der Waals surface area contributed by atoms with E-state index in [9.17, 15) is 9.18 Å². The number of aryl methyl sites for hydroxylation is 1. The number of nitrogens with zero attached hydrogens (tertiary/aromatic N) is 3. The highest BCUT2D eigenvalue weighted by Crippen LogP contribution is 2.70. The smallest absolute Gasteiger partial charge is 0.233 e. The van der Waals surface area contributed by atoms with E-state index < -0.39 is 11.1 Å². The molecule has 0 saturated heterocycles. The molecule has 0 unspecified atom stereocenters. The number of hydrogen-bond acceptors (Lipinski definition) is 4. The summed E-state index contributed by atoms with van der Waals surface area (Å²) < 4.78 is 20.3. The molecule has 1 amide bonds. The topological polar surface area (TPSA) is 59.2 Å². The van der Waals surface area contributed by atoms with Crippen LogP contribution in [0.3, 0.4) is 0 Å². The average Bonchev–Trinajstić information content (AvgIpc) is 3.43. The lowest BCUT2D eigenvalue weighted by Gasteiger charge is -2.65. The normalized spacial score (nSPS) is 32.5. The second-order valence-corrected chi connectivity index (χ2v) is 13.7. The van der Waals surface area contributed by atoms with Gasteiger partial charge in [0.05, 0.1) is 5.41 Å². The van der Waals surface area contributed by atoms with Crippen molar-refractivity contribution in [1.82, 2.24) is 10.1 Å². The van der Waals surface area contributed by atoms with Gasteiger partial charge in [0.25, 0.3) is 0 Å². The van der Waals surface area contributed by atoms with Crippen LogP contribution in [0.4, 0.5) is 10.1 Å². The molecule has 4 bridgehead atoms. The molecule has 6 heteroatoms. The molecule has 1 heterocycles. The fourth-order valence-corrected chi connectivity index (χ4v) is 7.90. The molecule has 5 nitrogen and oxygen atoms in total. The van der Waals surface area contributed by atoms with Crippen molar-refractivity contribution in [2.24, 2.45) is 10.8 Å². The van der Waals surface area contributed by atoms with E-state index in [1.165, 1.54) is 5.56 Å². The van der Waals surface area contributed by atoms with Gasteiger partial charge in [-0.3, -0.25) is 4.79 Å². The summed E-state index contributed by atoms with van der Waals surface area (Å²) in [6.07, 6.45) is 7.30. The van der Waals surface area contributed by atoms with Crippen LogP contribution in [-0.4, -0.2) is 28.3 Å². The van der Waals surface area contributed by atoms with Gasteiger partial charge in [-0.05, 0) is 93.4 Å². The standard InChI is InChI=1S/C33H38FN3O2/c1-22(2)27-35-28(39-36-27)31-14-11-30(12-15-31,13-16-31)21-37(29(38)32-18-33(34,19-32)20-32)26-6-4-5-25(17-26)24-9-7-23(3)8-10-24/h4-10,17,22H,11-16,18-21H2,1-3H3. The van der Waals surface area contributed by atoms with Crippen LogP contribution >= 0.6 is 0 Å². The predicted octanol–water partition coefficient (Wildman–Crippen LogP) is 7.69. The first-order valence-corrected chi connectivity index (χ1v) is 14.6. The maximum Gasteiger partial charge on any atom is 0.233 e. The van der Waals surface area contributed by atoms with Gasteiger partial charge in [0, 0.05) is 23.6 Å². The third kappa shape index (κ3) is 3.96. The van der Waals surface area contributed by atoms with Gasteiger partial charge < -0.3 is 9.42 Å². The summed E-state index contributed by atoms with van der Waals surface area (Å²) in [6.45, 7) is 6.97. The quantitative estimate of drug-likeness (QED) is 0.316. The number of aromatic nitrogens is 2. The van der Waals surface area contributed by atoms with Gasteiger partial charge in [-0.25, -0.2) is 4.39 Å². The zero-order valence-electron chi connectivity index (χ0n) is 23.3. The van der Waals surface area contributed by atoms with Crippen molar-refractivity contribution < 1.29 is 13.7 Å². The summed E-state index contributed by atoms with van der Waals surface area (Å²) in [5.74, 6) is 1.97. The first kappa shape index (κ1) is 25.0. The maximum absolute atomic E-state index is 14.5. The zero-order valence-corrected chi connectivity index (χ0v) is 23.3. The molecule has 3 aromatic rings. The molecule has 0 atom stereocenters. The minimum atomic E-state index is -1.10. The zero-order chi connectivity index (χ0) is 27.0. The van der Waals surface area contributed by atoms with E-state index in [2.05, 4.69) is 74.5 Å². The fourth-order valence-electron chi connectivity index (χ4n) is 7.90. The highest BCUT2D eigenvalue weighted by atomic mass is 19.1. The summed E-state index contributed by atoms with van der Waals surface area (Å²) in [6, 6.07) is 16.9. The second-order valence-electron chi connectivity index (χ2n) is 13.7. The number of hydrogen-bond donors (Lipinski definition) is 0. The molecule has 1 aromatic heterocycles. The first-order valence-electron chi connectivity index (χ1n) is 14.6. The minimum absolute atomic E-state index is 0.0312. The lowest BCUT2D eigenvalue weighted by atomic mass is 9.41. The van der Waals surface area contributed by atoms with E-state index in [0.29, 0.717) is 25.8 Å². The Labute approximate surface area is 230 Å². The highest BCUT2D eigenvalue weighted by Gasteiger charge is 2.73. The summed E-state index contributed by atoms with van der Waals surface area (Å²) in [5, 5.41) is 4.25. The number of carbonyl (C=O) groups excluding carboxylic acids is 1. The molecule has 6 aliphatic rings. The number of benzene rings is 2. The third-order valence-corrected chi connectivity index (χ3v) is 10.5. The summed E-state index contributed by atoms with van der Waals surface area (Å²) >= 11 is 0. The first-order chi connectivity index (χ1) is 18.6. The van der Waals surface area contributed by atoms with Crippen molar-refractivity contribution in [3.05, 3.63) is 65.8 Å². The predicted molar refractivity (Wildman–Crippen MR) is 149 cm³/mol. The monoisotopic (exact) mass is 527 g/mol. The molecular weight excluding hydrogens is 489 g/mol. The van der Waals surface area contributed by atoms with Crippen LogP contribution in [0.2, 0.25) is 0 Å². The van der Waals surface area contributed by atoms with Gasteiger partial charge in [0.2, 0.25) is 11.8 Å². The van der Waals surface area contributed by atoms with E-state index in [-0.39, 0.29) is 22.7 Å². The molecule has 0 radical (unpaired) electrons. The Morgan fingerprint density at radius 3 is 2.23 bits per heavy atom. The molecule has 9 rings (SSSR count). The molecule has 6 aliphatic carbocycles. The van der Waals surface area contributed by atoms with Crippen LogP contribution in [0.25, 0.3) is 11.1 Å². The van der Waals surface area contributed by atoms with E-state index in [0.717, 1.165) is 67.1 Å².